The lowest BCUT2D eigenvalue weighted by Crippen LogP contribution is -1.76. The molecule has 0 nitrogen and oxygen atoms in total. The van der Waals surface area contributed by atoms with Crippen LogP contribution in [0.4, 0.5) is 0 Å². The molecule has 0 amide bonds. The molecular formula is C6H10S. The van der Waals surface area contributed by atoms with Gasteiger partial charge < -0.3 is 0 Å². The van der Waals surface area contributed by atoms with Crippen LogP contribution in [0, 0.1) is 0 Å². The monoisotopic (exact) mass is 114 g/mol. The van der Waals surface area contributed by atoms with Crippen molar-refractivity contribution < 1.29 is 0 Å². The molecule has 0 aliphatic carbocycles. The quantitative estimate of drug-likeness (QED) is 0.372. The maximum absolute atomic E-state index is 4.80. The van der Waals surface area contributed by atoms with Crippen molar-refractivity contribution in [1.82, 2.24) is 0 Å². The van der Waals surface area contributed by atoms with E-state index in [0.717, 1.165) is 4.86 Å². The molecule has 0 heterocycles. The van der Waals surface area contributed by atoms with E-state index in [4.69, 9.17) is 12.2 Å². The highest BCUT2D eigenvalue weighted by atomic mass is 32.1. The van der Waals surface area contributed by atoms with Crippen LogP contribution in [-0.4, -0.2) is 4.86 Å². The molecule has 0 N–H and O–H groups in total. The molecule has 0 radical (unpaired) electrons. The highest BCUT2D eigenvalue weighted by molar-refractivity contribution is 7.80. The van der Waals surface area contributed by atoms with Crippen LogP contribution in [0.5, 0.6) is 0 Å². The summed E-state index contributed by atoms with van der Waals surface area (Å²) in [6.07, 6.45) is 1.98. The van der Waals surface area contributed by atoms with Crippen molar-refractivity contribution in [3.05, 3.63) is 11.6 Å². The SMILES string of the molecule is CC(=S)C=C(C)C. The van der Waals surface area contributed by atoms with Crippen molar-refractivity contribution in [2.75, 3.05) is 0 Å². The molecule has 0 spiro atoms. The number of allylic oxidation sites excluding steroid dienone is 2. The van der Waals surface area contributed by atoms with E-state index >= 15 is 0 Å². The van der Waals surface area contributed by atoms with E-state index in [1.54, 1.807) is 0 Å². The number of hydrogen-bond acceptors (Lipinski definition) is 1. The van der Waals surface area contributed by atoms with Crippen LogP contribution in [0.15, 0.2) is 11.6 Å². The maximum Gasteiger partial charge on any atom is 0.0120 e. The van der Waals surface area contributed by atoms with Gasteiger partial charge in [0.2, 0.25) is 0 Å². The zero-order valence-electron chi connectivity index (χ0n) is 4.99. The first-order valence-electron chi connectivity index (χ1n) is 2.28. The number of rotatable bonds is 1. The van der Waals surface area contributed by atoms with Gasteiger partial charge in [0.25, 0.3) is 0 Å². The minimum absolute atomic E-state index is 0.958. The summed E-state index contributed by atoms with van der Waals surface area (Å²) in [7, 11) is 0. The minimum Gasteiger partial charge on any atom is -0.0852 e. The summed E-state index contributed by atoms with van der Waals surface area (Å²) < 4.78 is 0. The fourth-order valence-corrected chi connectivity index (χ4v) is 0.642. The van der Waals surface area contributed by atoms with Crippen molar-refractivity contribution in [1.29, 1.82) is 0 Å². The minimum atomic E-state index is 0.958. The van der Waals surface area contributed by atoms with Crippen LogP contribution >= 0.6 is 12.2 Å². The van der Waals surface area contributed by atoms with E-state index in [9.17, 15) is 0 Å². The van der Waals surface area contributed by atoms with Gasteiger partial charge in [-0.3, -0.25) is 0 Å². The lowest BCUT2D eigenvalue weighted by molar-refractivity contribution is 1.40. The Balaban J connectivity index is 3.68. The lowest BCUT2D eigenvalue weighted by atomic mass is 10.3. The largest absolute Gasteiger partial charge is 0.0852 e. The Hall–Kier alpha value is -0.170. The Morgan fingerprint density at radius 2 is 1.71 bits per heavy atom. The van der Waals surface area contributed by atoms with E-state index < -0.39 is 0 Å². The van der Waals surface area contributed by atoms with Crippen LogP contribution < -0.4 is 0 Å². The van der Waals surface area contributed by atoms with Gasteiger partial charge in [0.15, 0.2) is 0 Å². The second-order valence-electron chi connectivity index (χ2n) is 1.83. The van der Waals surface area contributed by atoms with Crippen molar-refractivity contribution in [2.45, 2.75) is 20.8 Å². The number of hydrogen-bond donors (Lipinski definition) is 0. The van der Waals surface area contributed by atoms with Gasteiger partial charge in [-0.25, -0.2) is 0 Å². The van der Waals surface area contributed by atoms with Crippen molar-refractivity contribution >= 4 is 17.1 Å². The molecular weight excluding hydrogens is 104 g/mol. The normalized spacial score (nSPS) is 7.86. The Labute approximate surface area is 50.2 Å². The van der Waals surface area contributed by atoms with Crippen LogP contribution in [0.2, 0.25) is 0 Å². The molecule has 0 fully saturated rings. The Kier molecular flexibility index (Phi) is 2.84. The zero-order valence-corrected chi connectivity index (χ0v) is 5.80. The van der Waals surface area contributed by atoms with Crippen LogP contribution in [-0.2, 0) is 0 Å². The summed E-state index contributed by atoms with van der Waals surface area (Å²) in [5, 5.41) is 0. The summed E-state index contributed by atoms with van der Waals surface area (Å²) in [5.74, 6) is 0. The molecule has 0 aromatic carbocycles. The first-order chi connectivity index (χ1) is 3.13. The molecule has 40 valence electrons. The van der Waals surface area contributed by atoms with E-state index in [-0.39, 0.29) is 0 Å². The molecule has 1 heteroatoms. The molecule has 0 atom stereocenters. The summed E-state index contributed by atoms with van der Waals surface area (Å²) in [4.78, 5) is 0.958. The fourth-order valence-electron chi connectivity index (χ4n) is 0.407. The van der Waals surface area contributed by atoms with Gasteiger partial charge in [-0.1, -0.05) is 17.8 Å². The summed E-state index contributed by atoms with van der Waals surface area (Å²) in [6, 6.07) is 0. The molecule has 7 heavy (non-hydrogen) atoms. The molecule has 0 saturated carbocycles. The number of thiocarbonyl (C=S) groups is 1. The maximum atomic E-state index is 4.80. The summed E-state index contributed by atoms with van der Waals surface area (Å²) in [6.45, 7) is 5.99. The molecule has 0 aliphatic heterocycles. The Morgan fingerprint density at radius 3 is 1.71 bits per heavy atom. The second-order valence-corrected chi connectivity index (χ2v) is 2.48. The van der Waals surface area contributed by atoms with E-state index in [2.05, 4.69) is 0 Å². The van der Waals surface area contributed by atoms with Gasteiger partial charge in [0.1, 0.15) is 0 Å². The smallest absolute Gasteiger partial charge is 0.0120 e. The Bertz CT molecular complexity index is 96.7. The van der Waals surface area contributed by atoms with Gasteiger partial charge in [0.05, 0.1) is 0 Å². The zero-order chi connectivity index (χ0) is 5.86. The lowest BCUT2D eigenvalue weighted by Gasteiger charge is -1.83. The molecule has 0 unspecified atom stereocenters. The van der Waals surface area contributed by atoms with Crippen LogP contribution in [0.3, 0.4) is 0 Å². The Morgan fingerprint density at radius 1 is 1.29 bits per heavy atom. The average molecular weight is 114 g/mol. The summed E-state index contributed by atoms with van der Waals surface area (Å²) >= 11 is 4.80. The van der Waals surface area contributed by atoms with Crippen molar-refractivity contribution in [2.24, 2.45) is 0 Å². The molecule has 0 aromatic heterocycles. The van der Waals surface area contributed by atoms with Gasteiger partial charge >= 0.3 is 0 Å². The predicted molar refractivity (Wildman–Crippen MR) is 37.7 cm³/mol. The first kappa shape index (κ1) is 6.83. The highest BCUT2D eigenvalue weighted by Crippen LogP contribution is 1.88. The third-order valence-electron chi connectivity index (χ3n) is 0.492. The van der Waals surface area contributed by atoms with Crippen LogP contribution in [0.25, 0.3) is 0 Å². The fraction of sp³-hybridized carbons (Fsp3) is 0.500. The van der Waals surface area contributed by atoms with Gasteiger partial charge in [-0.05, 0) is 26.8 Å². The average Bonchev–Trinajstić information content (AvgIpc) is 1.27. The highest BCUT2D eigenvalue weighted by Gasteiger charge is 1.76. The van der Waals surface area contributed by atoms with Gasteiger partial charge in [-0.15, -0.1) is 0 Å². The van der Waals surface area contributed by atoms with E-state index in [1.807, 2.05) is 26.8 Å². The molecule has 0 aromatic rings. The van der Waals surface area contributed by atoms with Gasteiger partial charge in [-0.2, -0.15) is 0 Å². The standard InChI is InChI=1S/C6H10S/c1-5(2)4-6(3)7/h4H,1-3H3. The summed E-state index contributed by atoms with van der Waals surface area (Å²) in [5.41, 5.74) is 1.27. The molecule has 0 rings (SSSR count). The van der Waals surface area contributed by atoms with Gasteiger partial charge in [0, 0.05) is 4.86 Å². The molecule has 0 saturated heterocycles. The van der Waals surface area contributed by atoms with E-state index in [1.165, 1.54) is 5.57 Å². The van der Waals surface area contributed by atoms with Crippen molar-refractivity contribution in [3.8, 4) is 0 Å². The third kappa shape index (κ3) is 5.83. The second kappa shape index (κ2) is 2.92. The predicted octanol–water partition coefficient (Wildman–Crippen LogP) is 2.34. The molecule has 0 bridgehead atoms. The molecule has 0 aliphatic rings. The first-order valence-corrected chi connectivity index (χ1v) is 2.69. The van der Waals surface area contributed by atoms with E-state index in [0.29, 0.717) is 0 Å². The third-order valence-corrected chi connectivity index (χ3v) is 0.610. The van der Waals surface area contributed by atoms with Crippen molar-refractivity contribution in [3.63, 3.8) is 0 Å². The van der Waals surface area contributed by atoms with Crippen LogP contribution in [0.1, 0.15) is 20.8 Å². The topological polar surface area (TPSA) is 0 Å².